The van der Waals surface area contributed by atoms with E-state index < -0.39 is 15.9 Å². The van der Waals surface area contributed by atoms with Gasteiger partial charge in [-0.2, -0.15) is 5.10 Å². The average Bonchev–Trinajstić information content (AvgIpc) is 3.21. The Morgan fingerprint density at radius 1 is 1.03 bits per heavy atom. The fourth-order valence-electron chi connectivity index (χ4n) is 2.56. The third-order valence-corrected chi connectivity index (χ3v) is 6.74. The number of amides is 1. The number of sulfonamides is 1. The van der Waals surface area contributed by atoms with Gasteiger partial charge < -0.3 is 0 Å². The van der Waals surface area contributed by atoms with Crippen molar-refractivity contribution < 1.29 is 13.2 Å². The minimum absolute atomic E-state index is 0.124. The summed E-state index contributed by atoms with van der Waals surface area (Å²) in [5.41, 5.74) is 4.75. The molecule has 0 bridgehead atoms. The second-order valence-electron chi connectivity index (χ2n) is 6.47. The standard InChI is InChI=1S/C21H21N3O3S2/c1-16-5-9-18(10-6-16)24(29(26,27)20-11-7-17(2)8-12-20)15-21(25)23-22-14-19-4-3-13-28-19/h3-14H,15H2,1-2H3,(H,23,25)/b22-14-. The number of nitrogens with one attached hydrogen (secondary N) is 1. The van der Waals surface area contributed by atoms with Gasteiger partial charge in [-0.3, -0.25) is 9.10 Å². The number of thiophene rings is 1. The Bertz CT molecular complexity index is 1090. The molecular formula is C21H21N3O3S2. The Balaban J connectivity index is 1.85. The van der Waals surface area contributed by atoms with E-state index in [0.29, 0.717) is 5.69 Å². The minimum atomic E-state index is -3.92. The number of hydrogen-bond acceptors (Lipinski definition) is 5. The first-order valence-corrected chi connectivity index (χ1v) is 11.2. The van der Waals surface area contributed by atoms with Crippen molar-refractivity contribution in [3.63, 3.8) is 0 Å². The Morgan fingerprint density at radius 2 is 1.66 bits per heavy atom. The first-order valence-electron chi connectivity index (χ1n) is 8.88. The maximum atomic E-state index is 13.2. The predicted octanol–water partition coefficient (Wildman–Crippen LogP) is 3.71. The molecule has 1 heterocycles. The Labute approximate surface area is 174 Å². The summed E-state index contributed by atoms with van der Waals surface area (Å²) >= 11 is 1.48. The number of aryl methyl sites for hydroxylation is 2. The number of hydrogen-bond donors (Lipinski definition) is 1. The molecule has 150 valence electrons. The molecule has 29 heavy (non-hydrogen) atoms. The summed E-state index contributed by atoms with van der Waals surface area (Å²) < 4.78 is 27.6. The fraction of sp³-hybridized carbons (Fsp3) is 0.143. The summed E-state index contributed by atoms with van der Waals surface area (Å²) in [6.45, 7) is 3.41. The molecule has 0 saturated heterocycles. The summed E-state index contributed by atoms with van der Waals surface area (Å²) in [6, 6.07) is 17.3. The van der Waals surface area contributed by atoms with E-state index in [1.54, 1.807) is 48.5 Å². The van der Waals surface area contributed by atoms with Crippen LogP contribution in [-0.2, 0) is 14.8 Å². The second-order valence-corrected chi connectivity index (χ2v) is 9.31. The molecule has 0 fully saturated rings. The molecule has 0 aliphatic rings. The molecule has 0 aliphatic carbocycles. The molecule has 0 aliphatic heterocycles. The van der Waals surface area contributed by atoms with E-state index in [-0.39, 0.29) is 11.4 Å². The van der Waals surface area contributed by atoms with Crippen molar-refractivity contribution in [3.8, 4) is 0 Å². The molecule has 0 radical (unpaired) electrons. The summed E-state index contributed by atoms with van der Waals surface area (Å²) in [5.74, 6) is -0.533. The third kappa shape index (κ3) is 5.30. The molecular weight excluding hydrogens is 406 g/mol. The molecule has 2 aromatic carbocycles. The Hall–Kier alpha value is -2.97. The first kappa shape index (κ1) is 20.8. The Morgan fingerprint density at radius 3 is 2.24 bits per heavy atom. The highest BCUT2D eigenvalue weighted by Gasteiger charge is 2.27. The number of carbonyl (C=O) groups is 1. The SMILES string of the molecule is Cc1ccc(N(CC(=O)N/N=C\c2cccs2)S(=O)(=O)c2ccc(C)cc2)cc1. The van der Waals surface area contributed by atoms with Crippen LogP contribution in [0.3, 0.4) is 0 Å². The molecule has 1 aromatic heterocycles. The molecule has 6 nitrogen and oxygen atoms in total. The molecule has 0 unspecified atom stereocenters. The van der Waals surface area contributed by atoms with Gasteiger partial charge in [-0.1, -0.05) is 41.5 Å². The molecule has 3 rings (SSSR count). The second kappa shape index (κ2) is 9.02. The topological polar surface area (TPSA) is 78.8 Å². The zero-order chi connectivity index (χ0) is 20.9. The molecule has 3 aromatic rings. The summed E-state index contributed by atoms with van der Waals surface area (Å²) in [5, 5.41) is 5.80. The van der Waals surface area contributed by atoms with E-state index in [1.165, 1.54) is 17.6 Å². The minimum Gasteiger partial charge on any atom is -0.271 e. The smallest absolute Gasteiger partial charge is 0.264 e. The average molecular weight is 428 g/mol. The van der Waals surface area contributed by atoms with E-state index in [2.05, 4.69) is 10.5 Å². The quantitative estimate of drug-likeness (QED) is 0.461. The third-order valence-electron chi connectivity index (χ3n) is 4.14. The predicted molar refractivity (Wildman–Crippen MR) is 117 cm³/mol. The van der Waals surface area contributed by atoms with Gasteiger partial charge in [0.25, 0.3) is 15.9 Å². The van der Waals surface area contributed by atoms with Crippen molar-refractivity contribution in [2.45, 2.75) is 18.7 Å². The molecule has 1 amide bonds. The van der Waals surface area contributed by atoms with Crippen LogP contribution in [0, 0.1) is 13.8 Å². The van der Waals surface area contributed by atoms with Crippen LogP contribution in [0.2, 0.25) is 0 Å². The lowest BCUT2D eigenvalue weighted by molar-refractivity contribution is -0.119. The van der Waals surface area contributed by atoms with E-state index in [4.69, 9.17) is 0 Å². The van der Waals surface area contributed by atoms with Crippen LogP contribution in [0.15, 0.2) is 76.0 Å². The molecule has 1 N–H and O–H groups in total. The molecule has 8 heteroatoms. The maximum absolute atomic E-state index is 13.2. The van der Waals surface area contributed by atoms with Gasteiger partial charge in [0.15, 0.2) is 0 Å². The largest absolute Gasteiger partial charge is 0.271 e. The summed E-state index contributed by atoms with van der Waals surface area (Å²) in [7, 11) is -3.92. The van der Waals surface area contributed by atoms with Crippen molar-refractivity contribution in [2.75, 3.05) is 10.8 Å². The monoisotopic (exact) mass is 427 g/mol. The number of anilines is 1. The molecule has 0 spiro atoms. The van der Waals surface area contributed by atoms with Gasteiger partial charge in [-0.05, 0) is 49.6 Å². The van der Waals surface area contributed by atoms with Gasteiger partial charge in [0.2, 0.25) is 0 Å². The first-order chi connectivity index (χ1) is 13.9. The van der Waals surface area contributed by atoms with Crippen LogP contribution in [0.5, 0.6) is 0 Å². The van der Waals surface area contributed by atoms with Crippen molar-refractivity contribution in [1.82, 2.24) is 5.43 Å². The molecule has 0 saturated carbocycles. The highest BCUT2D eigenvalue weighted by atomic mass is 32.2. The number of benzene rings is 2. The van der Waals surface area contributed by atoms with Gasteiger partial charge in [-0.15, -0.1) is 11.3 Å². The summed E-state index contributed by atoms with van der Waals surface area (Å²) in [4.78, 5) is 13.4. The lowest BCUT2D eigenvalue weighted by atomic mass is 10.2. The van der Waals surface area contributed by atoms with Gasteiger partial charge in [0.05, 0.1) is 16.8 Å². The number of carbonyl (C=O) groups excluding carboxylic acids is 1. The Kier molecular flexibility index (Phi) is 6.46. The number of nitrogens with zero attached hydrogens (tertiary/aromatic N) is 2. The van der Waals surface area contributed by atoms with Crippen molar-refractivity contribution in [3.05, 3.63) is 82.0 Å². The van der Waals surface area contributed by atoms with Crippen LogP contribution < -0.4 is 9.73 Å². The van der Waals surface area contributed by atoms with Crippen LogP contribution in [0.4, 0.5) is 5.69 Å². The maximum Gasteiger partial charge on any atom is 0.264 e. The van der Waals surface area contributed by atoms with Crippen LogP contribution in [0.25, 0.3) is 0 Å². The van der Waals surface area contributed by atoms with Crippen molar-refractivity contribution in [1.29, 1.82) is 0 Å². The zero-order valence-corrected chi connectivity index (χ0v) is 17.7. The fourth-order valence-corrected chi connectivity index (χ4v) is 4.57. The van der Waals surface area contributed by atoms with Gasteiger partial charge in [-0.25, -0.2) is 13.8 Å². The highest BCUT2D eigenvalue weighted by molar-refractivity contribution is 7.92. The van der Waals surface area contributed by atoms with E-state index in [1.807, 2.05) is 31.4 Å². The van der Waals surface area contributed by atoms with Crippen LogP contribution >= 0.6 is 11.3 Å². The lowest BCUT2D eigenvalue weighted by Gasteiger charge is -2.24. The van der Waals surface area contributed by atoms with E-state index in [9.17, 15) is 13.2 Å². The normalized spacial score (nSPS) is 11.5. The summed E-state index contributed by atoms with van der Waals surface area (Å²) in [6.07, 6.45) is 1.52. The zero-order valence-electron chi connectivity index (χ0n) is 16.1. The van der Waals surface area contributed by atoms with Crippen LogP contribution in [0.1, 0.15) is 16.0 Å². The van der Waals surface area contributed by atoms with E-state index in [0.717, 1.165) is 20.3 Å². The van der Waals surface area contributed by atoms with Gasteiger partial charge in [0, 0.05) is 4.88 Å². The van der Waals surface area contributed by atoms with Crippen LogP contribution in [-0.4, -0.2) is 27.1 Å². The molecule has 0 atom stereocenters. The number of hydrazone groups is 1. The van der Waals surface area contributed by atoms with Gasteiger partial charge >= 0.3 is 0 Å². The van der Waals surface area contributed by atoms with E-state index >= 15 is 0 Å². The van der Waals surface area contributed by atoms with Crippen molar-refractivity contribution in [2.24, 2.45) is 5.10 Å². The van der Waals surface area contributed by atoms with Gasteiger partial charge in [0.1, 0.15) is 6.54 Å². The van der Waals surface area contributed by atoms with Crippen molar-refractivity contribution >= 4 is 39.2 Å². The number of rotatable bonds is 7. The lowest BCUT2D eigenvalue weighted by Crippen LogP contribution is -2.39. The highest BCUT2D eigenvalue weighted by Crippen LogP contribution is 2.24.